The van der Waals surface area contributed by atoms with Gasteiger partial charge in [0.05, 0.1) is 32.3 Å². The van der Waals surface area contributed by atoms with E-state index in [9.17, 15) is 0 Å². The van der Waals surface area contributed by atoms with E-state index in [4.69, 9.17) is 25.8 Å². The van der Waals surface area contributed by atoms with Crippen LogP contribution in [0.15, 0.2) is 42.5 Å². The summed E-state index contributed by atoms with van der Waals surface area (Å²) >= 11 is 6.59. The molecule has 0 fully saturated rings. The lowest BCUT2D eigenvalue weighted by Crippen LogP contribution is -2.01. The maximum absolute atomic E-state index is 6.59. The van der Waals surface area contributed by atoms with Crippen molar-refractivity contribution in [1.82, 2.24) is 0 Å². The van der Waals surface area contributed by atoms with Crippen LogP contribution in [0.2, 0.25) is 0 Å². The summed E-state index contributed by atoms with van der Waals surface area (Å²) in [5, 5.41) is -0.355. The molecule has 3 nitrogen and oxygen atoms in total. The molecule has 0 aromatic heterocycles. The number of halogens is 1. The van der Waals surface area contributed by atoms with Gasteiger partial charge in [-0.1, -0.05) is 18.2 Å². The molecular formula is C16H17ClO3. The fourth-order valence-corrected chi connectivity index (χ4v) is 2.43. The number of hydrogen-bond donors (Lipinski definition) is 0. The van der Waals surface area contributed by atoms with E-state index in [1.165, 1.54) is 0 Å². The molecule has 0 heterocycles. The maximum Gasteiger partial charge on any atom is 0.127 e. The molecule has 4 heteroatoms. The van der Waals surface area contributed by atoms with Crippen molar-refractivity contribution in [3.05, 3.63) is 53.6 Å². The van der Waals surface area contributed by atoms with E-state index >= 15 is 0 Å². The molecule has 0 spiro atoms. The van der Waals surface area contributed by atoms with Crippen molar-refractivity contribution in [3.63, 3.8) is 0 Å². The van der Waals surface area contributed by atoms with Crippen LogP contribution in [-0.4, -0.2) is 21.3 Å². The summed E-state index contributed by atoms with van der Waals surface area (Å²) in [4.78, 5) is 0. The zero-order valence-electron chi connectivity index (χ0n) is 11.7. The summed E-state index contributed by atoms with van der Waals surface area (Å²) in [6, 6.07) is 13.2. The molecule has 106 valence electrons. The van der Waals surface area contributed by atoms with E-state index < -0.39 is 0 Å². The van der Waals surface area contributed by atoms with Gasteiger partial charge in [-0.15, -0.1) is 11.6 Å². The molecular weight excluding hydrogens is 276 g/mol. The third-order valence-corrected chi connectivity index (χ3v) is 3.60. The van der Waals surface area contributed by atoms with Gasteiger partial charge in [-0.05, 0) is 29.8 Å². The zero-order chi connectivity index (χ0) is 14.5. The Morgan fingerprint density at radius 3 is 1.80 bits per heavy atom. The van der Waals surface area contributed by atoms with Gasteiger partial charge < -0.3 is 14.2 Å². The Labute approximate surface area is 124 Å². The van der Waals surface area contributed by atoms with Crippen LogP contribution in [0.3, 0.4) is 0 Å². The molecule has 2 aromatic carbocycles. The van der Waals surface area contributed by atoms with Crippen molar-refractivity contribution in [3.8, 4) is 17.2 Å². The number of methoxy groups -OCH3 is 3. The standard InChI is InChI=1S/C16H17ClO3/c1-18-12-9-7-11(8-10-12)16(17)15-13(19-2)5-4-6-14(15)20-3/h4-10,16H,1-3H3. The normalized spacial score (nSPS) is 11.8. The summed E-state index contributed by atoms with van der Waals surface area (Å²) in [5.74, 6) is 2.21. The highest BCUT2D eigenvalue weighted by atomic mass is 35.5. The number of alkyl halides is 1. The lowest BCUT2D eigenvalue weighted by Gasteiger charge is -2.18. The van der Waals surface area contributed by atoms with Gasteiger partial charge in [-0.3, -0.25) is 0 Å². The minimum absolute atomic E-state index is 0.355. The van der Waals surface area contributed by atoms with E-state index in [-0.39, 0.29) is 5.38 Å². The van der Waals surface area contributed by atoms with Crippen LogP contribution in [-0.2, 0) is 0 Å². The van der Waals surface area contributed by atoms with Crippen LogP contribution in [0, 0.1) is 0 Å². The van der Waals surface area contributed by atoms with Crippen molar-refractivity contribution in [2.24, 2.45) is 0 Å². The minimum atomic E-state index is -0.355. The molecule has 1 atom stereocenters. The smallest absolute Gasteiger partial charge is 0.127 e. The fraction of sp³-hybridized carbons (Fsp3) is 0.250. The molecule has 1 unspecified atom stereocenters. The third kappa shape index (κ3) is 2.83. The Balaban J connectivity index is 2.43. The minimum Gasteiger partial charge on any atom is -0.497 e. The van der Waals surface area contributed by atoms with Gasteiger partial charge in [0.25, 0.3) is 0 Å². The van der Waals surface area contributed by atoms with Gasteiger partial charge in [0, 0.05) is 0 Å². The Morgan fingerprint density at radius 2 is 1.35 bits per heavy atom. The average molecular weight is 293 g/mol. The van der Waals surface area contributed by atoms with Gasteiger partial charge >= 0.3 is 0 Å². The number of rotatable bonds is 5. The summed E-state index contributed by atoms with van der Waals surface area (Å²) < 4.78 is 15.9. The summed E-state index contributed by atoms with van der Waals surface area (Å²) in [6.45, 7) is 0. The monoisotopic (exact) mass is 292 g/mol. The van der Waals surface area contributed by atoms with E-state index in [2.05, 4.69) is 0 Å². The van der Waals surface area contributed by atoms with Crippen LogP contribution in [0.4, 0.5) is 0 Å². The molecule has 0 saturated heterocycles. The highest BCUT2D eigenvalue weighted by molar-refractivity contribution is 6.23. The topological polar surface area (TPSA) is 27.7 Å². The van der Waals surface area contributed by atoms with Crippen molar-refractivity contribution in [2.45, 2.75) is 5.38 Å². The van der Waals surface area contributed by atoms with Crippen LogP contribution in [0.25, 0.3) is 0 Å². The van der Waals surface area contributed by atoms with Crippen molar-refractivity contribution in [2.75, 3.05) is 21.3 Å². The molecule has 0 bridgehead atoms. The first-order chi connectivity index (χ1) is 9.71. The van der Waals surface area contributed by atoms with Crippen LogP contribution in [0.1, 0.15) is 16.5 Å². The van der Waals surface area contributed by atoms with Gasteiger partial charge in [0.1, 0.15) is 17.2 Å². The SMILES string of the molecule is COc1ccc(C(Cl)c2c(OC)cccc2OC)cc1. The molecule has 0 aliphatic heterocycles. The van der Waals surface area contributed by atoms with Crippen molar-refractivity contribution < 1.29 is 14.2 Å². The predicted octanol–water partition coefficient (Wildman–Crippen LogP) is 4.04. The largest absolute Gasteiger partial charge is 0.497 e. The second-order valence-electron chi connectivity index (χ2n) is 4.21. The van der Waals surface area contributed by atoms with Crippen molar-refractivity contribution in [1.29, 1.82) is 0 Å². The Bertz CT molecular complexity index is 544. The lowest BCUT2D eigenvalue weighted by atomic mass is 10.0. The molecule has 20 heavy (non-hydrogen) atoms. The average Bonchev–Trinajstić information content (AvgIpc) is 2.53. The number of hydrogen-bond acceptors (Lipinski definition) is 3. The van der Waals surface area contributed by atoms with E-state index in [1.54, 1.807) is 21.3 Å². The van der Waals surface area contributed by atoms with Gasteiger partial charge in [-0.2, -0.15) is 0 Å². The molecule has 0 N–H and O–H groups in total. The molecule has 0 aliphatic carbocycles. The number of benzene rings is 2. The van der Waals surface area contributed by atoms with E-state index in [0.29, 0.717) is 11.5 Å². The first-order valence-electron chi connectivity index (χ1n) is 6.20. The van der Waals surface area contributed by atoms with Gasteiger partial charge in [-0.25, -0.2) is 0 Å². The molecule has 2 aromatic rings. The zero-order valence-corrected chi connectivity index (χ0v) is 12.5. The molecule has 0 amide bonds. The van der Waals surface area contributed by atoms with Gasteiger partial charge in [0.2, 0.25) is 0 Å². The van der Waals surface area contributed by atoms with Crippen LogP contribution in [0.5, 0.6) is 17.2 Å². The Morgan fingerprint density at radius 1 is 0.800 bits per heavy atom. The fourth-order valence-electron chi connectivity index (χ4n) is 2.07. The summed E-state index contributed by atoms with van der Waals surface area (Å²) in [7, 11) is 4.88. The molecule has 0 aliphatic rings. The van der Waals surface area contributed by atoms with Gasteiger partial charge in [0.15, 0.2) is 0 Å². The quantitative estimate of drug-likeness (QED) is 0.779. The highest BCUT2D eigenvalue weighted by Gasteiger charge is 2.20. The van der Waals surface area contributed by atoms with E-state index in [1.807, 2.05) is 42.5 Å². The van der Waals surface area contributed by atoms with Crippen LogP contribution >= 0.6 is 11.6 Å². The molecule has 0 radical (unpaired) electrons. The lowest BCUT2D eigenvalue weighted by molar-refractivity contribution is 0.386. The predicted molar refractivity (Wildman–Crippen MR) is 80.2 cm³/mol. The van der Waals surface area contributed by atoms with Crippen LogP contribution < -0.4 is 14.2 Å². The summed E-state index contributed by atoms with van der Waals surface area (Å²) in [5.41, 5.74) is 1.78. The summed E-state index contributed by atoms with van der Waals surface area (Å²) in [6.07, 6.45) is 0. The van der Waals surface area contributed by atoms with Crippen molar-refractivity contribution >= 4 is 11.6 Å². The first-order valence-corrected chi connectivity index (χ1v) is 6.63. The third-order valence-electron chi connectivity index (χ3n) is 3.13. The molecule has 0 saturated carbocycles. The number of ether oxygens (including phenoxy) is 3. The Hall–Kier alpha value is -1.87. The second-order valence-corrected chi connectivity index (χ2v) is 4.65. The Kier molecular flexibility index (Phi) is 4.74. The molecule has 2 rings (SSSR count). The highest BCUT2D eigenvalue weighted by Crippen LogP contribution is 2.41. The maximum atomic E-state index is 6.59. The first kappa shape index (κ1) is 14.5. The van der Waals surface area contributed by atoms with E-state index in [0.717, 1.165) is 16.9 Å². The second kappa shape index (κ2) is 6.53.